The van der Waals surface area contributed by atoms with Gasteiger partial charge in [0.25, 0.3) is 0 Å². The van der Waals surface area contributed by atoms with Gasteiger partial charge in [-0.2, -0.15) is 5.10 Å². The molecule has 4 rings (SSSR count). The molecule has 2 aliphatic carbocycles. The van der Waals surface area contributed by atoms with Gasteiger partial charge in [0.2, 0.25) is 0 Å². The Labute approximate surface area is 138 Å². The first-order valence-corrected chi connectivity index (χ1v) is 8.11. The molecule has 1 heterocycles. The van der Waals surface area contributed by atoms with Crippen molar-refractivity contribution < 1.29 is 18.7 Å². The van der Waals surface area contributed by atoms with E-state index in [1.165, 1.54) is 10.7 Å². The van der Waals surface area contributed by atoms with E-state index in [1.54, 1.807) is 0 Å². The molecule has 4 nitrogen and oxygen atoms in total. The van der Waals surface area contributed by atoms with E-state index in [9.17, 15) is 18.7 Å². The van der Waals surface area contributed by atoms with Gasteiger partial charge in [-0.1, -0.05) is 20.8 Å². The van der Waals surface area contributed by atoms with Crippen molar-refractivity contribution in [3.8, 4) is 5.69 Å². The van der Waals surface area contributed by atoms with Crippen LogP contribution in [0.3, 0.4) is 0 Å². The van der Waals surface area contributed by atoms with Crippen LogP contribution in [-0.4, -0.2) is 20.9 Å². The molecule has 0 bridgehead atoms. The average molecular weight is 332 g/mol. The summed E-state index contributed by atoms with van der Waals surface area (Å²) >= 11 is 0. The van der Waals surface area contributed by atoms with Crippen LogP contribution in [0, 0.1) is 23.5 Å². The SMILES string of the molecule is CC(C)C12C[C@@H]1[C@@H](C)c1c2c(C(=O)O)nn1-c1ccc(F)cc1F. The van der Waals surface area contributed by atoms with Gasteiger partial charge in [0.15, 0.2) is 11.5 Å². The molecule has 126 valence electrons. The zero-order valence-corrected chi connectivity index (χ0v) is 13.7. The summed E-state index contributed by atoms with van der Waals surface area (Å²) in [5, 5.41) is 13.8. The minimum atomic E-state index is -1.10. The second-order valence-corrected chi connectivity index (χ2v) is 7.22. The van der Waals surface area contributed by atoms with Crippen LogP contribution in [0.4, 0.5) is 8.78 Å². The first-order valence-electron chi connectivity index (χ1n) is 8.11. The number of carboxylic acid groups (broad SMARTS) is 1. The van der Waals surface area contributed by atoms with Crippen LogP contribution in [0.1, 0.15) is 54.9 Å². The number of aromatic nitrogens is 2. The van der Waals surface area contributed by atoms with E-state index in [4.69, 9.17) is 0 Å². The largest absolute Gasteiger partial charge is 0.476 e. The minimum absolute atomic E-state index is 0.00530. The molecule has 1 aromatic heterocycles. The van der Waals surface area contributed by atoms with Crippen molar-refractivity contribution in [2.45, 2.75) is 38.5 Å². The van der Waals surface area contributed by atoms with Gasteiger partial charge in [0, 0.05) is 23.0 Å². The minimum Gasteiger partial charge on any atom is -0.476 e. The zero-order chi connectivity index (χ0) is 17.4. The Morgan fingerprint density at radius 3 is 2.71 bits per heavy atom. The van der Waals surface area contributed by atoms with Gasteiger partial charge in [-0.05, 0) is 30.4 Å². The lowest BCUT2D eigenvalue weighted by Gasteiger charge is -2.18. The lowest BCUT2D eigenvalue weighted by atomic mass is 9.85. The second kappa shape index (κ2) is 4.65. The number of hydrogen-bond donors (Lipinski definition) is 1. The molecule has 1 N–H and O–H groups in total. The standard InChI is InChI=1S/C18H18F2N2O2/c1-8(2)18-7-11(18)9(3)16-14(18)15(17(23)24)21-22(16)13-5-4-10(19)6-12(13)20/h4-6,8-9,11H,7H2,1-3H3,(H,23,24)/t9-,11-,18?/m1/s1. The topological polar surface area (TPSA) is 55.1 Å². The summed E-state index contributed by atoms with van der Waals surface area (Å²) in [7, 11) is 0. The summed E-state index contributed by atoms with van der Waals surface area (Å²) in [6.07, 6.45) is 0.941. The van der Waals surface area contributed by atoms with Gasteiger partial charge < -0.3 is 5.11 Å². The number of aromatic carboxylic acids is 1. The maximum atomic E-state index is 14.3. The van der Waals surface area contributed by atoms with Gasteiger partial charge in [0.1, 0.15) is 11.5 Å². The average Bonchev–Trinajstić information content (AvgIpc) is 3.05. The van der Waals surface area contributed by atoms with Gasteiger partial charge in [0.05, 0.1) is 5.69 Å². The molecule has 0 saturated heterocycles. The first-order chi connectivity index (χ1) is 11.3. The Morgan fingerprint density at radius 1 is 1.42 bits per heavy atom. The molecule has 2 aliphatic rings. The van der Waals surface area contributed by atoms with Crippen LogP contribution in [0.2, 0.25) is 0 Å². The van der Waals surface area contributed by atoms with E-state index in [-0.39, 0.29) is 28.6 Å². The molecule has 1 aromatic carbocycles. The molecule has 0 spiro atoms. The predicted molar refractivity (Wildman–Crippen MR) is 83.5 cm³/mol. The molecule has 1 fully saturated rings. The van der Waals surface area contributed by atoms with Crippen molar-refractivity contribution in [3.63, 3.8) is 0 Å². The molecule has 0 aliphatic heterocycles. The molecular weight excluding hydrogens is 314 g/mol. The third-order valence-corrected chi connectivity index (χ3v) is 5.85. The van der Waals surface area contributed by atoms with Gasteiger partial charge in [-0.25, -0.2) is 18.3 Å². The highest BCUT2D eigenvalue weighted by molar-refractivity contribution is 5.89. The van der Waals surface area contributed by atoms with E-state index in [0.717, 1.165) is 29.8 Å². The Bertz CT molecular complexity index is 874. The van der Waals surface area contributed by atoms with Gasteiger partial charge in [-0.3, -0.25) is 0 Å². The van der Waals surface area contributed by atoms with Crippen LogP contribution >= 0.6 is 0 Å². The number of nitrogens with zero attached hydrogens (tertiary/aromatic N) is 2. The van der Waals surface area contributed by atoms with Gasteiger partial charge in [-0.15, -0.1) is 0 Å². The van der Waals surface area contributed by atoms with Gasteiger partial charge >= 0.3 is 5.97 Å². The number of carboxylic acids is 1. The fourth-order valence-corrected chi connectivity index (χ4v) is 4.66. The van der Waals surface area contributed by atoms with Crippen molar-refractivity contribution in [1.82, 2.24) is 9.78 Å². The smallest absolute Gasteiger partial charge is 0.356 e. The molecule has 6 heteroatoms. The summed E-state index contributed by atoms with van der Waals surface area (Å²) < 4.78 is 28.8. The maximum Gasteiger partial charge on any atom is 0.356 e. The Kier molecular flexibility index (Phi) is 2.96. The fraction of sp³-hybridized carbons (Fsp3) is 0.444. The highest BCUT2D eigenvalue weighted by Gasteiger charge is 2.67. The van der Waals surface area contributed by atoms with Crippen LogP contribution in [0.15, 0.2) is 18.2 Å². The fourth-order valence-electron chi connectivity index (χ4n) is 4.66. The molecule has 0 amide bonds. The molecule has 2 aromatic rings. The van der Waals surface area contributed by atoms with E-state index in [1.807, 2.05) is 6.92 Å². The van der Waals surface area contributed by atoms with Crippen LogP contribution in [-0.2, 0) is 5.41 Å². The van der Waals surface area contributed by atoms with Crippen LogP contribution in [0.25, 0.3) is 5.69 Å². The maximum absolute atomic E-state index is 14.3. The highest BCUT2D eigenvalue weighted by atomic mass is 19.1. The second-order valence-electron chi connectivity index (χ2n) is 7.22. The number of halogens is 2. The summed E-state index contributed by atoms with van der Waals surface area (Å²) in [4.78, 5) is 11.8. The highest BCUT2D eigenvalue weighted by Crippen LogP contribution is 2.71. The number of carbonyl (C=O) groups is 1. The quantitative estimate of drug-likeness (QED) is 0.928. The molecular formula is C18H18F2N2O2. The molecule has 1 saturated carbocycles. The third-order valence-electron chi connectivity index (χ3n) is 5.85. The number of benzene rings is 1. The van der Waals surface area contributed by atoms with Crippen molar-refractivity contribution >= 4 is 5.97 Å². The Hall–Kier alpha value is -2.24. The van der Waals surface area contributed by atoms with Crippen LogP contribution in [0.5, 0.6) is 0 Å². The van der Waals surface area contributed by atoms with Crippen molar-refractivity contribution in [3.05, 3.63) is 46.8 Å². The normalized spacial score (nSPS) is 27.2. The first kappa shape index (κ1) is 15.3. The predicted octanol–water partition coefficient (Wildman–Crippen LogP) is 3.88. The molecule has 24 heavy (non-hydrogen) atoms. The van der Waals surface area contributed by atoms with E-state index < -0.39 is 17.6 Å². The number of rotatable bonds is 3. The molecule has 0 radical (unpaired) electrons. The van der Waals surface area contributed by atoms with Crippen molar-refractivity contribution in [2.75, 3.05) is 0 Å². The van der Waals surface area contributed by atoms with E-state index in [2.05, 4.69) is 18.9 Å². The molecule has 3 atom stereocenters. The third kappa shape index (κ3) is 1.71. The van der Waals surface area contributed by atoms with Crippen molar-refractivity contribution in [1.29, 1.82) is 0 Å². The van der Waals surface area contributed by atoms with Crippen molar-refractivity contribution in [2.24, 2.45) is 11.8 Å². The van der Waals surface area contributed by atoms with E-state index >= 15 is 0 Å². The Balaban J connectivity index is 2.00. The summed E-state index contributed by atoms with van der Waals surface area (Å²) in [5.74, 6) is -1.80. The summed E-state index contributed by atoms with van der Waals surface area (Å²) in [5.41, 5.74) is 1.40. The summed E-state index contributed by atoms with van der Waals surface area (Å²) in [6.45, 7) is 6.21. The summed E-state index contributed by atoms with van der Waals surface area (Å²) in [6, 6.07) is 3.26. The lowest BCUT2D eigenvalue weighted by molar-refractivity contribution is 0.0687. The molecule has 1 unspecified atom stereocenters. The van der Waals surface area contributed by atoms with Crippen LogP contribution < -0.4 is 0 Å². The monoisotopic (exact) mass is 332 g/mol. The van der Waals surface area contributed by atoms with E-state index in [0.29, 0.717) is 5.92 Å². The number of hydrogen-bond acceptors (Lipinski definition) is 2. The number of fused-ring (bicyclic) bond motifs is 3. The lowest BCUT2D eigenvalue weighted by Crippen LogP contribution is -2.18. The zero-order valence-electron chi connectivity index (χ0n) is 13.7. The Morgan fingerprint density at radius 2 is 2.12 bits per heavy atom.